The Morgan fingerprint density at radius 1 is 1.20 bits per heavy atom. The molecule has 2 rings (SSSR count). The summed E-state index contributed by atoms with van der Waals surface area (Å²) in [5.41, 5.74) is -0.139. The molecule has 0 aliphatic rings. The summed E-state index contributed by atoms with van der Waals surface area (Å²) < 4.78 is 41.5. The molecule has 25 heavy (non-hydrogen) atoms. The Balaban J connectivity index is 2.66. The van der Waals surface area contributed by atoms with E-state index in [2.05, 4.69) is 15.9 Å². The molecule has 0 saturated carbocycles. The van der Waals surface area contributed by atoms with E-state index in [1.807, 2.05) is 6.92 Å². The number of para-hydroxylation sites is 1. The van der Waals surface area contributed by atoms with Gasteiger partial charge >= 0.3 is 5.97 Å². The van der Waals surface area contributed by atoms with Crippen molar-refractivity contribution >= 4 is 37.6 Å². The molecule has 0 fully saturated rings. The first-order chi connectivity index (χ1) is 11.8. The van der Waals surface area contributed by atoms with E-state index < -0.39 is 26.7 Å². The predicted molar refractivity (Wildman–Crippen MR) is 96.9 cm³/mol. The minimum Gasteiger partial charge on any atom is -0.478 e. The zero-order chi connectivity index (χ0) is 18.6. The SMILES string of the molecule is CCCCN(c1ccccc1C(=O)O)S(=O)(=O)c1cccc(Br)c1F. The Kier molecular flexibility index (Phi) is 6.18. The van der Waals surface area contributed by atoms with Crippen LogP contribution in [-0.2, 0) is 10.0 Å². The Morgan fingerprint density at radius 3 is 2.52 bits per heavy atom. The van der Waals surface area contributed by atoms with Gasteiger partial charge in [0.25, 0.3) is 10.0 Å². The van der Waals surface area contributed by atoms with Crippen molar-refractivity contribution in [3.63, 3.8) is 0 Å². The molecule has 1 N–H and O–H groups in total. The first-order valence-electron chi connectivity index (χ1n) is 7.59. The van der Waals surface area contributed by atoms with Gasteiger partial charge in [-0.15, -0.1) is 0 Å². The number of carboxylic acids is 1. The van der Waals surface area contributed by atoms with Crippen LogP contribution in [-0.4, -0.2) is 26.0 Å². The van der Waals surface area contributed by atoms with Gasteiger partial charge in [0.15, 0.2) is 5.82 Å². The zero-order valence-corrected chi connectivity index (χ0v) is 15.8. The number of halogens is 2. The number of aromatic carboxylic acids is 1. The lowest BCUT2D eigenvalue weighted by Gasteiger charge is -2.26. The molecule has 5 nitrogen and oxygen atoms in total. The Morgan fingerprint density at radius 2 is 1.88 bits per heavy atom. The number of anilines is 1. The fraction of sp³-hybridized carbons (Fsp3) is 0.235. The Labute approximate surface area is 154 Å². The van der Waals surface area contributed by atoms with E-state index in [9.17, 15) is 22.7 Å². The number of benzene rings is 2. The maximum absolute atomic E-state index is 14.4. The maximum Gasteiger partial charge on any atom is 0.337 e. The van der Waals surface area contributed by atoms with Gasteiger partial charge in [0, 0.05) is 6.54 Å². The fourth-order valence-electron chi connectivity index (χ4n) is 2.35. The van der Waals surface area contributed by atoms with E-state index in [1.165, 1.54) is 30.3 Å². The minimum atomic E-state index is -4.27. The van der Waals surface area contributed by atoms with Gasteiger partial charge in [0.05, 0.1) is 15.7 Å². The Hall–Kier alpha value is -1.93. The summed E-state index contributed by atoms with van der Waals surface area (Å²) in [6.45, 7) is 1.93. The van der Waals surface area contributed by atoms with Gasteiger partial charge in [-0.1, -0.05) is 31.5 Å². The lowest BCUT2D eigenvalue weighted by Crippen LogP contribution is -2.34. The van der Waals surface area contributed by atoms with Crippen molar-refractivity contribution in [3.8, 4) is 0 Å². The second-order valence-corrected chi connectivity index (χ2v) is 7.99. The highest BCUT2D eigenvalue weighted by atomic mass is 79.9. The van der Waals surface area contributed by atoms with Crippen LogP contribution in [0.3, 0.4) is 0 Å². The summed E-state index contributed by atoms with van der Waals surface area (Å²) in [6, 6.07) is 9.77. The largest absolute Gasteiger partial charge is 0.478 e. The lowest BCUT2D eigenvalue weighted by molar-refractivity contribution is 0.0697. The summed E-state index contributed by atoms with van der Waals surface area (Å²) in [4.78, 5) is 11.0. The smallest absolute Gasteiger partial charge is 0.337 e. The minimum absolute atomic E-state index is 0.0165. The highest BCUT2D eigenvalue weighted by Crippen LogP contribution is 2.31. The van der Waals surface area contributed by atoms with Gasteiger partial charge in [-0.2, -0.15) is 0 Å². The van der Waals surface area contributed by atoms with Gasteiger partial charge in [-0.3, -0.25) is 4.31 Å². The predicted octanol–water partition coefficient (Wildman–Crippen LogP) is 4.28. The maximum atomic E-state index is 14.4. The van der Waals surface area contributed by atoms with Crippen molar-refractivity contribution in [3.05, 3.63) is 58.3 Å². The average Bonchev–Trinajstić information content (AvgIpc) is 2.57. The van der Waals surface area contributed by atoms with Crippen molar-refractivity contribution < 1.29 is 22.7 Å². The van der Waals surface area contributed by atoms with Crippen molar-refractivity contribution in [2.24, 2.45) is 0 Å². The molecule has 0 saturated heterocycles. The number of hydrogen-bond donors (Lipinski definition) is 1. The number of sulfonamides is 1. The van der Waals surface area contributed by atoms with Crippen LogP contribution >= 0.6 is 15.9 Å². The molecule has 0 spiro atoms. The standard InChI is InChI=1S/C17H17BrFNO4S/c1-2-3-11-20(14-9-5-4-7-12(14)17(21)22)25(23,24)15-10-6-8-13(18)16(15)19/h4-10H,2-3,11H2,1H3,(H,21,22). The average molecular weight is 430 g/mol. The van der Waals surface area contributed by atoms with Gasteiger partial charge in [-0.05, 0) is 46.6 Å². The van der Waals surface area contributed by atoms with Crippen LogP contribution in [0.2, 0.25) is 0 Å². The van der Waals surface area contributed by atoms with Gasteiger partial charge in [-0.25, -0.2) is 17.6 Å². The molecule has 0 bridgehead atoms. The van der Waals surface area contributed by atoms with Gasteiger partial charge < -0.3 is 5.11 Å². The number of carboxylic acid groups (broad SMARTS) is 1. The third-order valence-electron chi connectivity index (χ3n) is 3.60. The van der Waals surface area contributed by atoms with E-state index >= 15 is 0 Å². The monoisotopic (exact) mass is 429 g/mol. The second kappa shape index (κ2) is 7.97. The molecule has 2 aromatic rings. The second-order valence-electron chi connectivity index (χ2n) is 5.30. The number of hydrogen-bond acceptors (Lipinski definition) is 3. The first-order valence-corrected chi connectivity index (χ1v) is 9.83. The summed E-state index contributed by atoms with van der Waals surface area (Å²) in [7, 11) is -4.27. The molecule has 0 atom stereocenters. The van der Waals surface area contributed by atoms with E-state index in [-0.39, 0.29) is 22.3 Å². The summed E-state index contributed by atoms with van der Waals surface area (Å²) in [5, 5.41) is 9.37. The normalized spacial score (nSPS) is 11.3. The summed E-state index contributed by atoms with van der Waals surface area (Å²) in [5.74, 6) is -2.15. The lowest BCUT2D eigenvalue weighted by atomic mass is 10.1. The molecule has 0 amide bonds. The Bertz CT molecular complexity index is 886. The topological polar surface area (TPSA) is 74.7 Å². The molecule has 8 heteroatoms. The molecule has 0 heterocycles. The third kappa shape index (κ3) is 4.01. The van der Waals surface area contributed by atoms with Gasteiger partial charge in [0.2, 0.25) is 0 Å². The van der Waals surface area contributed by atoms with Crippen LogP contribution in [0.5, 0.6) is 0 Å². The van der Waals surface area contributed by atoms with Crippen LogP contribution in [0, 0.1) is 5.82 Å². The third-order valence-corrected chi connectivity index (χ3v) is 6.05. The van der Waals surface area contributed by atoms with Crippen molar-refractivity contribution in [1.29, 1.82) is 0 Å². The molecule has 2 aromatic carbocycles. The first kappa shape index (κ1) is 19.4. The van der Waals surface area contributed by atoms with Crippen molar-refractivity contribution in [2.45, 2.75) is 24.7 Å². The van der Waals surface area contributed by atoms with Crippen molar-refractivity contribution in [2.75, 3.05) is 10.8 Å². The summed E-state index contributed by atoms with van der Waals surface area (Å²) >= 11 is 2.98. The number of unbranched alkanes of at least 4 members (excludes halogenated alkanes) is 1. The number of rotatable bonds is 7. The van der Waals surface area contributed by atoms with E-state index in [4.69, 9.17) is 0 Å². The van der Waals surface area contributed by atoms with Crippen LogP contribution in [0.1, 0.15) is 30.1 Å². The summed E-state index contributed by atoms with van der Waals surface area (Å²) in [6.07, 6.45) is 1.20. The highest BCUT2D eigenvalue weighted by Gasteiger charge is 2.30. The van der Waals surface area contributed by atoms with Crippen LogP contribution < -0.4 is 4.31 Å². The molecule has 0 unspecified atom stereocenters. The number of carbonyl (C=O) groups is 1. The molecule has 0 aliphatic heterocycles. The van der Waals surface area contributed by atoms with Gasteiger partial charge in [0.1, 0.15) is 4.90 Å². The van der Waals surface area contributed by atoms with E-state index in [0.29, 0.717) is 12.8 Å². The van der Waals surface area contributed by atoms with E-state index in [1.54, 1.807) is 6.07 Å². The van der Waals surface area contributed by atoms with Crippen LogP contribution in [0.15, 0.2) is 51.8 Å². The van der Waals surface area contributed by atoms with E-state index in [0.717, 1.165) is 10.4 Å². The zero-order valence-electron chi connectivity index (χ0n) is 13.4. The number of nitrogens with zero attached hydrogens (tertiary/aromatic N) is 1. The molecule has 0 radical (unpaired) electrons. The van der Waals surface area contributed by atoms with Crippen molar-refractivity contribution in [1.82, 2.24) is 0 Å². The molecule has 0 aliphatic carbocycles. The van der Waals surface area contributed by atoms with Crippen LogP contribution in [0.25, 0.3) is 0 Å². The van der Waals surface area contributed by atoms with Crippen LogP contribution in [0.4, 0.5) is 10.1 Å². The molecule has 0 aromatic heterocycles. The molecular weight excluding hydrogens is 413 g/mol. The molecule has 134 valence electrons. The molecular formula is C17H17BrFNO4S. The highest BCUT2D eigenvalue weighted by molar-refractivity contribution is 9.10. The fourth-order valence-corrected chi connectivity index (χ4v) is 4.46. The quantitative estimate of drug-likeness (QED) is 0.712.